The minimum atomic E-state index is 0.204. The quantitative estimate of drug-likeness (QED) is 0.749. The van der Waals surface area contributed by atoms with Crippen molar-refractivity contribution >= 4 is 33.2 Å². The van der Waals surface area contributed by atoms with Gasteiger partial charge in [0, 0.05) is 17.6 Å². The molecular formula is C16H15ClN2S. The molecule has 0 fully saturated rings. The molecular weight excluding hydrogens is 288 g/mol. The first-order valence-electron chi connectivity index (χ1n) is 6.56. The fraction of sp³-hybridized carbons (Fsp3) is 0.188. The summed E-state index contributed by atoms with van der Waals surface area (Å²) in [5.74, 6) is 0. The fourth-order valence-electron chi connectivity index (χ4n) is 2.17. The summed E-state index contributed by atoms with van der Waals surface area (Å²) < 4.78 is 1.23. The largest absolute Gasteiger partial charge is 0.304 e. The Hall–Kier alpha value is -1.42. The number of thiazole rings is 1. The van der Waals surface area contributed by atoms with Crippen molar-refractivity contribution in [3.63, 3.8) is 0 Å². The molecule has 0 amide bonds. The maximum Gasteiger partial charge on any atom is 0.108 e. The van der Waals surface area contributed by atoms with Gasteiger partial charge in [0.2, 0.25) is 0 Å². The van der Waals surface area contributed by atoms with Crippen molar-refractivity contribution in [2.24, 2.45) is 0 Å². The molecule has 4 heteroatoms. The number of nitrogens with zero attached hydrogens (tertiary/aromatic N) is 1. The van der Waals surface area contributed by atoms with E-state index in [1.54, 1.807) is 11.3 Å². The number of benzene rings is 2. The normalized spacial score (nSPS) is 12.7. The zero-order valence-electron chi connectivity index (χ0n) is 11.1. The molecule has 1 aromatic heterocycles. The smallest absolute Gasteiger partial charge is 0.108 e. The van der Waals surface area contributed by atoms with Gasteiger partial charge in [0.25, 0.3) is 0 Å². The predicted octanol–water partition coefficient (Wildman–Crippen LogP) is 4.80. The standard InChI is InChI=1S/C16H15ClN2S/c1-11(12-6-2-3-7-13(12)17)18-10-16-19-14-8-4-5-9-15(14)20-16/h2-9,11,18H,10H2,1H3/t11-/m0/s1. The van der Waals surface area contributed by atoms with Crippen molar-refractivity contribution in [1.82, 2.24) is 10.3 Å². The number of halogens is 1. The van der Waals surface area contributed by atoms with Crippen molar-refractivity contribution < 1.29 is 0 Å². The maximum absolute atomic E-state index is 6.21. The molecule has 2 aromatic carbocycles. The fourth-order valence-corrected chi connectivity index (χ4v) is 3.39. The van der Waals surface area contributed by atoms with Gasteiger partial charge in [0.05, 0.1) is 10.2 Å². The second kappa shape index (κ2) is 5.92. The Bertz CT molecular complexity index is 690. The summed E-state index contributed by atoms with van der Waals surface area (Å²) in [7, 11) is 0. The van der Waals surface area contributed by atoms with Crippen LogP contribution in [0.3, 0.4) is 0 Å². The SMILES string of the molecule is C[C@H](NCc1nc2ccccc2s1)c1ccccc1Cl. The van der Waals surface area contributed by atoms with Gasteiger partial charge in [-0.15, -0.1) is 11.3 Å². The van der Waals surface area contributed by atoms with Crippen LogP contribution in [-0.4, -0.2) is 4.98 Å². The Labute approximate surface area is 127 Å². The number of hydrogen-bond acceptors (Lipinski definition) is 3. The number of nitrogens with one attached hydrogen (secondary N) is 1. The molecule has 1 N–H and O–H groups in total. The predicted molar refractivity (Wildman–Crippen MR) is 86.3 cm³/mol. The number of rotatable bonds is 4. The molecule has 1 heterocycles. The molecule has 0 saturated carbocycles. The number of para-hydroxylation sites is 1. The molecule has 0 saturated heterocycles. The van der Waals surface area contributed by atoms with Crippen LogP contribution in [0.4, 0.5) is 0 Å². The molecule has 0 aliphatic heterocycles. The third-order valence-corrected chi connectivity index (χ3v) is 4.65. The van der Waals surface area contributed by atoms with E-state index in [2.05, 4.69) is 29.4 Å². The van der Waals surface area contributed by atoms with Gasteiger partial charge in [-0.2, -0.15) is 0 Å². The minimum absolute atomic E-state index is 0.204. The highest BCUT2D eigenvalue weighted by Crippen LogP contribution is 2.24. The average molecular weight is 303 g/mol. The molecule has 1 atom stereocenters. The summed E-state index contributed by atoms with van der Waals surface area (Å²) in [6, 6.07) is 16.4. The Morgan fingerprint density at radius 3 is 2.70 bits per heavy atom. The zero-order chi connectivity index (χ0) is 13.9. The van der Waals surface area contributed by atoms with Crippen LogP contribution in [0.15, 0.2) is 48.5 Å². The highest BCUT2D eigenvalue weighted by molar-refractivity contribution is 7.18. The van der Waals surface area contributed by atoms with Crippen LogP contribution >= 0.6 is 22.9 Å². The Morgan fingerprint density at radius 2 is 1.90 bits per heavy atom. The summed E-state index contributed by atoms with van der Waals surface area (Å²) in [6.07, 6.45) is 0. The number of hydrogen-bond donors (Lipinski definition) is 1. The Morgan fingerprint density at radius 1 is 1.15 bits per heavy atom. The monoisotopic (exact) mass is 302 g/mol. The van der Waals surface area contributed by atoms with Crippen molar-refractivity contribution in [3.05, 3.63) is 64.1 Å². The van der Waals surface area contributed by atoms with Gasteiger partial charge in [0.1, 0.15) is 5.01 Å². The van der Waals surface area contributed by atoms with Crippen LogP contribution in [0.1, 0.15) is 23.5 Å². The summed E-state index contributed by atoms with van der Waals surface area (Å²) in [5, 5.41) is 5.38. The molecule has 2 nitrogen and oxygen atoms in total. The Balaban J connectivity index is 1.71. The van der Waals surface area contributed by atoms with E-state index in [1.807, 2.05) is 36.4 Å². The molecule has 3 rings (SSSR count). The van der Waals surface area contributed by atoms with Crippen LogP contribution in [0.25, 0.3) is 10.2 Å². The second-order valence-electron chi connectivity index (χ2n) is 4.70. The van der Waals surface area contributed by atoms with E-state index < -0.39 is 0 Å². The molecule has 0 aliphatic carbocycles. The van der Waals surface area contributed by atoms with E-state index in [0.29, 0.717) is 0 Å². The number of aromatic nitrogens is 1. The molecule has 0 unspecified atom stereocenters. The van der Waals surface area contributed by atoms with Crippen molar-refractivity contribution in [2.75, 3.05) is 0 Å². The van der Waals surface area contributed by atoms with Crippen molar-refractivity contribution in [3.8, 4) is 0 Å². The lowest BCUT2D eigenvalue weighted by Gasteiger charge is -2.14. The lowest BCUT2D eigenvalue weighted by molar-refractivity contribution is 0.574. The van der Waals surface area contributed by atoms with Crippen LogP contribution < -0.4 is 5.32 Å². The van der Waals surface area contributed by atoms with E-state index in [1.165, 1.54) is 4.70 Å². The highest BCUT2D eigenvalue weighted by Gasteiger charge is 2.10. The van der Waals surface area contributed by atoms with Gasteiger partial charge in [-0.05, 0) is 30.7 Å². The van der Waals surface area contributed by atoms with Crippen LogP contribution in [0, 0.1) is 0 Å². The third-order valence-electron chi connectivity index (χ3n) is 3.27. The van der Waals surface area contributed by atoms with E-state index in [4.69, 9.17) is 11.6 Å². The average Bonchev–Trinajstić information content (AvgIpc) is 2.88. The summed E-state index contributed by atoms with van der Waals surface area (Å²) in [6.45, 7) is 2.88. The first kappa shape index (κ1) is 13.6. The minimum Gasteiger partial charge on any atom is -0.304 e. The lowest BCUT2D eigenvalue weighted by Crippen LogP contribution is -2.18. The molecule has 0 aliphatic rings. The van der Waals surface area contributed by atoms with Crippen molar-refractivity contribution in [2.45, 2.75) is 19.5 Å². The molecule has 0 radical (unpaired) electrons. The first-order valence-corrected chi connectivity index (χ1v) is 7.76. The molecule has 102 valence electrons. The number of fused-ring (bicyclic) bond motifs is 1. The van der Waals surface area contributed by atoms with Gasteiger partial charge in [0.15, 0.2) is 0 Å². The second-order valence-corrected chi connectivity index (χ2v) is 6.22. The molecule has 3 aromatic rings. The van der Waals surface area contributed by atoms with E-state index >= 15 is 0 Å². The van der Waals surface area contributed by atoms with Crippen molar-refractivity contribution in [1.29, 1.82) is 0 Å². The van der Waals surface area contributed by atoms with E-state index in [0.717, 1.165) is 27.7 Å². The van der Waals surface area contributed by atoms with Gasteiger partial charge in [-0.1, -0.05) is 41.9 Å². The maximum atomic E-state index is 6.21. The van der Waals surface area contributed by atoms with Gasteiger partial charge >= 0.3 is 0 Å². The topological polar surface area (TPSA) is 24.9 Å². The van der Waals surface area contributed by atoms with Gasteiger partial charge < -0.3 is 5.32 Å². The molecule has 0 spiro atoms. The first-order chi connectivity index (χ1) is 9.74. The zero-order valence-corrected chi connectivity index (χ0v) is 12.7. The van der Waals surface area contributed by atoms with Crippen LogP contribution in [0.2, 0.25) is 5.02 Å². The van der Waals surface area contributed by atoms with Gasteiger partial charge in [-0.3, -0.25) is 0 Å². The van der Waals surface area contributed by atoms with E-state index in [-0.39, 0.29) is 6.04 Å². The summed E-state index contributed by atoms with van der Waals surface area (Å²) in [4.78, 5) is 4.62. The van der Waals surface area contributed by atoms with Crippen LogP contribution in [-0.2, 0) is 6.54 Å². The molecule has 0 bridgehead atoms. The Kier molecular flexibility index (Phi) is 4.01. The van der Waals surface area contributed by atoms with Gasteiger partial charge in [-0.25, -0.2) is 4.98 Å². The van der Waals surface area contributed by atoms with E-state index in [9.17, 15) is 0 Å². The third kappa shape index (κ3) is 2.85. The summed E-state index contributed by atoms with van der Waals surface area (Å²) in [5.41, 5.74) is 2.19. The molecule has 20 heavy (non-hydrogen) atoms. The highest BCUT2D eigenvalue weighted by atomic mass is 35.5. The lowest BCUT2D eigenvalue weighted by atomic mass is 10.1. The van der Waals surface area contributed by atoms with Crippen LogP contribution in [0.5, 0.6) is 0 Å². The summed E-state index contributed by atoms with van der Waals surface area (Å²) >= 11 is 7.94.